The van der Waals surface area contributed by atoms with Gasteiger partial charge in [-0.05, 0) is 69.6 Å². The fourth-order valence-corrected chi connectivity index (χ4v) is 3.59. The molecule has 1 amide bonds. The lowest BCUT2D eigenvalue weighted by molar-refractivity contribution is 0.0933. The second-order valence-corrected chi connectivity index (χ2v) is 7.22. The van der Waals surface area contributed by atoms with Crippen LogP contribution in [0.1, 0.15) is 29.6 Å². The van der Waals surface area contributed by atoms with Crippen LogP contribution in [0.3, 0.4) is 0 Å². The van der Waals surface area contributed by atoms with Crippen LogP contribution in [0.4, 0.5) is 0 Å². The first kappa shape index (κ1) is 15.2. The molecule has 19 heavy (non-hydrogen) atoms. The van der Waals surface area contributed by atoms with Gasteiger partial charge in [0.05, 0.1) is 10.6 Å². The number of hydrogen-bond acceptors (Lipinski definition) is 2. The number of carbonyl (C=O) groups excluding carboxylic acids is 1. The van der Waals surface area contributed by atoms with Gasteiger partial charge in [-0.15, -0.1) is 0 Å². The van der Waals surface area contributed by atoms with Crippen molar-refractivity contribution in [2.75, 3.05) is 0 Å². The van der Waals surface area contributed by atoms with E-state index >= 15 is 0 Å². The predicted octanol–water partition coefficient (Wildman–Crippen LogP) is 3.24. The smallest absolute Gasteiger partial charge is 0.252 e. The van der Waals surface area contributed by atoms with E-state index in [1.165, 1.54) is 0 Å². The molecule has 1 aliphatic rings. The van der Waals surface area contributed by atoms with Gasteiger partial charge in [0.2, 0.25) is 0 Å². The lowest BCUT2D eigenvalue weighted by atomic mass is 10.0. The minimum atomic E-state index is -0.0708. The van der Waals surface area contributed by atoms with Crippen molar-refractivity contribution in [2.45, 2.75) is 25.3 Å². The van der Waals surface area contributed by atoms with Crippen LogP contribution in [-0.4, -0.2) is 16.9 Å². The molecule has 6 heteroatoms. The average Bonchev–Trinajstić information content (AvgIpc) is 2.80. The molecule has 1 saturated carbocycles. The summed E-state index contributed by atoms with van der Waals surface area (Å²) in [5.41, 5.74) is 6.38. The number of carbonyl (C=O) groups is 1. The average molecular weight is 453 g/mol. The Morgan fingerprint density at radius 1 is 1.47 bits per heavy atom. The van der Waals surface area contributed by atoms with Gasteiger partial charge in [-0.25, -0.2) is 0 Å². The number of nitrogens with one attached hydrogen (secondary N) is 1. The number of rotatable bonds is 3. The molecule has 0 radical (unpaired) electrons. The molecule has 3 N–H and O–H groups in total. The highest BCUT2D eigenvalue weighted by molar-refractivity contribution is 14.1. The topological polar surface area (TPSA) is 55.1 Å². The van der Waals surface area contributed by atoms with E-state index in [2.05, 4.69) is 43.8 Å². The summed E-state index contributed by atoms with van der Waals surface area (Å²) in [6.45, 7) is 0. The van der Waals surface area contributed by atoms with Gasteiger partial charge in [-0.3, -0.25) is 4.79 Å². The molecule has 2 unspecified atom stereocenters. The Labute approximate surface area is 140 Å². The zero-order valence-corrected chi connectivity index (χ0v) is 14.7. The van der Waals surface area contributed by atoms with Gasteiger partial charge < -0.3 is 11.1 Å². The SMILES string of the molecule is NC(=S)C1CCCC1NC(=O)c1cc(I)ccc1Br. The third kappa shape index (κ3) is 3.66. The van der Waals surface area contributed by atoms with Crippen LogP contribution < -0.4 is 11.1 Å². The van der Waals surface area contributed by atoms with Crippen LogP contribution in [-0.2, 0) is 0 Å². The minimum Gasteiger partial charge on any atom is -0.393 e. The standard InChI is InChI=1S/C13H14BrIN2OS/c14-10-5-4-7(15)6-9(10)13(18)17-11-3-1-2-8(11)12(16)19/h4-6,8,11H,1-3H2,(H2,16,19)(H,17,18). The first-order valence-electron chi connectivity index (χ1n) is 6.04. The molecule has 2 rings (SSSR count). The van der Waals surface area contributed by atoms with Crippen LogP contribution in [0.2, 0.25) is 0 Å². The largest absolute Gasteiger partial charge is 0.393 e. The first-order chi connectivity index (χ1) is 8.99. The third-order valence-electron chi connectivity index (χ3n) is 3.37. The molecule has 2 atom stereocenters. The van der Waals surface area contributed by atoms with Crippen molar-refractivity contribution < 1.29 is 4.79 Å². The van der Waals surface area contributed by atoms with Crippen molar-refractivity contribution in [2.24, 2.45) is 11.7 Å². The van der Waals surface area contributed by atoms with Crippen molar-refractivity contribution in [1.29, 1.82) is 0 Å². The van der Waals surface area contributed by atoms with Crippen molar-refractivity contribution in [1.82, 2.24) is 5.32 Å². The summed E-state index contributed by atoms with van der Waals surface area (Å²) in [5.74, 6) is 0.0547. The Hall–Kier alpha value is -0.210. The van der Waals surface area contributed by atoms with Crippen molar-refractivity contribution in [3.63, 3.8) is 0 Å². The van der Waals surface area contributed by atoms with E-state index in [1.807, 2.05) is 18.2 Å². The van der Waals surface area contributed by atoms with Crippen LogP contribution in [0.15, 0.2) is 22.7 Å². The Morgan fingerprint density at radius 2 is 2.21 bits per heavy atom. The fourth-order valence-electron chi connectivity index (χ4n) is 2.39. The van der Waals surface area contributed by atoms with Gasteiger partial charge >= 0.3 is 0 Å². The molecular weight excluding hydrogens is 439 g/mol. The van der Waals surface area contributed by atoms with E-state index in [9.17, 15) is 4.79 Å². The summed E-state index contributed by atoms with van der Waals surface area (Å²) in [6.07, 6.45) is 2.96. The first-order valence-corrected chi connectivity index (χ1v) is 8.32. The zero-order chi connectivity index (χ0) is 14.0. The maximum Gasteiger partial charge on any atom is 0.252 e. The Morgan fingerprint density at radius 3 is 2.89 bits per heavy atom. The summed E-state index contributed by atoms with van der Waals surface area (Å²) in [5, 5.41) is 3.05. The number of nitrogens with two attached hydrogens (primary N) is 1. The molecule has 3 nitrogen and oxygen atoms in total. The summed E-state index contributed by atoms with van der Waals surface area (Å²) in [6, 6.07) is 5.77. The van der Waals surface area contributed by atoms with E-state index < -0.39 is 0 Å². The van der Waals surface area contributed by atoms with Gasteiger partial charge in [0.25, 0.3) is 5.91 Å². The van der Waals surface area contributed by atoms with Crippen molar-refractivity contribution in [3.8, 4) is 0 Å². The summed E-state index contributed by atoms with van der Waals surface area (Å²) in [7, 11) is 0. The van der Waals surface area contributed by atoms with E-state index in [0.717, 1.165) is 27.3 Å². The van der Waals surface area contributed by atoms with Gasteiger partial charge in [0.1, 0.15) is 0 Å². The van der Waals surface area contributed by atoms with E-state index in [-0.39, 0.29) is 17.9 Å². The monoisotopic (exact) mass is 452 g/mol. The van der Waals surface area contributed by atoms with E-state index in [4.69, 9.17) is 18.0 Å². The van der Waals surface area contributed by atoms with Gasteiger partial charge in [0, 0.05) is 20.0 Å². The van der Waals surface area contributed by atoms with E-state index in [1.54, 1.807) is 0 Å². The van der Waals surface area contributed by atoms with Gasteiger partial charge in [-0.1, -0.05) is 18.6 Å². The normalized spacial score (nSPS) is 22.2. The fraction of sp³-hybridized carbons (Fsp3) is 0.385. The molecule has 0 spiro atoms. The van der Waals surface area contributed by atoms with Crippen LogP contribution >= 0.6 is 50.7 Å². The third-order valence-corrected chi connectivity index (χ3v) is 5.04. The molecule has 0 heterocycles. The lowest BCUT2D eigenvalue weighted by Crippen LogP contribution is -2.41. The lowest BCUT2D eigenvalue weighted by Gasteiger charge is -2.20. The molecule has 1 aliphatic carbocycles. The van der Waals surface area contributed by atoms with Gasteiger partial charge in [0.15, 0.2) is 0 Å². The number of benzene rings is 1. The number of amides is 1. The molecule has 1 aromatic carbocycles. The molecule has 0 aromatic heterocycles. The Kier molecular flexibility index (Phi) is 5.19. The van der Waals surface area contributed by atoms with Crippen LogP contribution in [0.25, 0.3) is 0 Å². The Bertz CT molecular complexity index is 523. The highest BCUT2D eigenvalue weighted by atomic mass is 127. The highest BCUT2D eigenvalue weighted by Gasteiger charge is 2.31. The Balaban J connectivity index is 2.12. The number of halogens is 2. The molecule has 1 fully saturated rings. The molecule has 0 saturated heterocycles. The summed E-state index contributed by atoms with van der Waals surface area (Å²) < 4.78 is 1.83. The second kappa shape index (κ2) is 6.49. The molecule has 102 valence electrons. The minimum absolute atomic E-state index is 0.0646. The van der Waals surface area contributed by atoms with Gasteiger partial charge in [-0.2, -0.15) is 0 Å². The van der Waals surface area contributed by atoms with E-state index in [0.29, 0.717) is 10.6 Å². The molecule has 1 aromatic rings. The summed E-state index contributed by atoms with van der Waals surface area (Å²) >= 11 is 10.7. The maximum atomic E-state index is 12.3. The van der Waals surface area contributed by atoms with Crippen LogP contribution in [0.5, 0.6) is 0 Å². The van der Waals surface area contributed by atoms with Crippen molar-refractivity contribution >= 4 is 61.6 Å². The van der Waals surface area contributed by atoms with Crippen LogP contribution in [0, 0.1) is 9.49 Å². The molecule has 0 bridgehead atoms. The highest BCUT2D eigenvalue weighted by Crippen LogP contribution is 2.27. The zero-order valence-electron chi connectivity index (χ0n) is 10.2. The molecular formula is C13H14BrIN2OS. The predicted molar refractivity (Wildman–Crippen MR) is 92.2 cm³/mol. The van der Waals surface area contributed by atoms with Crippen molar-refractivity contribution in [3.05, 3.63) is 31.8 Å². The number of hydrogen-bond donors (Lipinski definition) is 2. The quantitative estimate of drug-likeness (QED) is 0.546. The molecule has 0 aliphatic heterocycles. The number of thiocarbonyl (C=S) groups is 1. The second-order valence-electron chi connectivity index (χ2n) is 4.64. The summed E-state index contributed by atoms with van der Waals surface area (Å²) in [4.78, 5) is 12.8. The maximum absolute atomic E-state index is 12.3.